The van der Waals surface area contributed by atoms with Crippen LogP contribution >= 0.6 is 0 Å². The van der Waals surface area contributed by atoms with Gasteiger partial charge in [0.05, 0.1) is 7.11 Å². The molecule has 0 fully saturated rings. The molecule has 0 radical (unpaired) electrons. The van der Waals surface area contributed by atoms with Crippen LogP contribution < -0.4 is 0 Å². The summed E-state index contributed by atoms with van der Waals surface area (Å²) >= 11 is 0. The van der Waals surface area contributed by atoms with E-state index in [-0.39, 0.29) is 0 Å². The van der Waals surface area contributed by atoms with Crippen molar-refractivity contribution in [3.8, 4) is 0 Å². The summed E-state index contributed by atoms with van der Waals surface area (Å²) in [6.07, 6.45) is 1.55. The van der Waals surface area contributed by atoms with Crippen LogP contribution in [0.4, 0.5) is 0 Å². The van der Waals surface area contributed by atoms with E-state index in [1.165, 1.54) is 11.1 Å². The number of benzene rings is 2. The normalized spacial score (nSPS) is 10.4. The predicted molar refractivity (Wildman–Crippen MR) is 78.7 cm³/mol. The van der Waals surface area contributed by atoms with E-state index in [4.69, 9.17) is 10.1 Å². The van der Waals surface area contributed by atoms with Gasteiger partial charge in [-0.15, -0.1) is 0 Å². The predicted octanol–water partition coefficient (Wildman–Crippen LogP) is 4.22. The Morgan fingerprint density at radius 3 is 1.84 bits per heavy atom. The van der Waals surface area contributed by atoms with E-state index in [9.17, 15) is 0 Å². The molecule has 2 nitrogen and oxygen atoms in total. The van der Waals surface area contributed by atoms with Crippen molar-refractivity contribution in [3.05, 3.63) is 71.8 Å². The molecule has 0 heterocycles. The van der Waals surface area contributed by atoms with Crippen LogP contribution in [0.2, 0.25) is 0 Å². The lowest BCUT2D eigenvalue weighted by molar-refractivity contribution is 0.383. The van der Waals surface area contributed by atoms with Crippen LogP contribution in [0, 0.1) is 5.41 Å². The molecule has 0 unspecified atom stereocenters. The number of hydrogen-bond acceptors (Lipinski definition) is 2. The number of hydrogen-bond donors (Lipinski definition) is 1. The maximum absolute atomic E-state index is 7.63. The Kier molecular flexibility index (Phi) is 4.73. The van der Waals surface area contributed by atoms with Gasteiger partial charge in [-0.1, -0.05) is 60.7 Å². The molecule has 2 rings (SSSR count). The van der Waals surface area contributed by atoms with E-state index in [2.05, 4.69) is 48.5 Å². The molecule has 0 aliphatic rings. The van der Waals surface area contributed by atoms with Gasteiger partial charge in [0.25, 0.3) is 0 Å². The first kappa shape index (κ1) is 13.3. The molecule has 2 aromatic carbocycles. The lowest BCUT2D eigenvalue weighted by Gasteiger charge is -2.18. The van der Waals surface area contributed by atoms with Crippen molar-refractivity contribution in [2.75, 3.05) is 7.11 Å². The Hall–Kier alpha value is -2.09. The van der Waals surface area contributed by atoms with Gasteiger partial charge in [0, 0.05) is 12.3 Å². The van der Waals surface area contributed by atoms with Crippen LogP contribution in [-0.2, 0) is 4.74 Å². The zero-order valence-electron chi connectivity index (χ0n) is 11.2. The Labute approximate surface area is 114 Å². The topological polar surface area (TPSA) is 33.1 Å². The quantitative estimate of drug-likeness (QED) is 0.628. The zero-order valence-corrected chi connectivity index (χ0v) is 11.2. The first-order valence-corrected chi connectivity index (χ1v) is 6.52. The Morgan fingerprint density at radius 1 is 0.947 bits per heavy atom. The fraction of sp³-hybridized carbons (Fsp3) is 0.235. The monoisotopic (exact) mass is 253 g/mol. The van der Waals surface area contributed by atoms with Crippen molar-refractivity contribution in [1.29, 1.82) is 5.41 Å². The Balaban J connectivity index is 2.21. The minimum absolute atomic E-state index is 0.317. The van der Waals surface area contributed by atoms with E-state index in [0.29, 0.717) is 18.2 Å². The minimum Gasteiger partial charge on any atom is -0.484 e. The second-order valence-electron chi connectivity index (χ2n) is 4.54. The molecule has 98 valence electrons. The molecule has 1 N–H and O–H groups in total. The highest BCUT2D eigenvalue weighted by molar-refractivity contribution is 5.72. The number of methoxy groups -OCH3 is 1. The molecule has 0 bridgehead atoms. The summed E-state index contributed by atoms with van der Waals surface area (Å²) in [5.74, 6) is 0.662. The van der Waals surface area contributed by atoms with Gasteiger partial charge in [-0.05, 0) is 17.5 Å². The van der Waals surface area contributed by atoms with Crippen LogP contribution in [0.3, 0.4) is 0 Å². The van der Waals surface area contributed by atoms with Gasteiger partial charge in [0.1, 0.15) is 0 Å². The second-order valence-corrected chi connectivity index (χ2v) is 4.54. The zero-order chi connectivity index (χ0) is 13.5. The second kappa shape index (κ2) is 6.74. The first-order valence-electron chi connectivity index (χ1n) is 6.52. The van der Waals surface area contributed by atoms with Crippen molar-refractivity contribution in [2.24, 2.45) is 0 Å². The van der Waals surface area contributed by atoms with E-state index in [1.54, 1.807) is 7.11 Å². The molecule has 2 heteroatoms. The summed E-state index contributed by atoms with van der Waals surface area (Å²) in [4.78, 5) is 0. The third-order valence-electron chi connectivity index (χ3n) is 3.31. The third kappa shape index (κ3) is 3.68. The largest absolute Gasteiger partial charge is 0.484 e. The van der Waals surface area contributed by atoms with Gasteiger partial charge < -0.3 is 4.74 Å². The summed E-state index contributed by atoms with van der Waals surface area (Å²) < 4.78 is 4.96. The van der Waals surface area contributed by atoms with Crippen LogP contribution in [0.15, 0.2) is 60.7 Å². The molecule has 2 aromatic rings. The maximum atomic E-state index is 7.63. The van der Waals surface area contributed by atoms with Crippen LogP contribution in [0.1, 0.15) is 29.9 Å². The van der Waals surface area contributed by atoms with E-state index >= 15 is 0 Å². The van der Waals surface area contributed by atoms with Crippen molar-refractivity contribution < 1.29 is 4.74 Å². The van der Waals surface area contributed by atoms with E-state index < -0.39 is 0 Å². The SMILES string of the molecule is COC(=N)CCC(c1ccccc1)c1ccccc1. The third-order valence-corrected chi connectivity index (χ3v) is 3.31. The molecule has 0 spiro atoms. The van der Waals surface area contributed by atoms with Crippen LogP contribution in [-0.4, -0.2) is 13.0 Å². The van der Waals surface area contributed by atoms with Gasteiger partial charge >= 0.3 is 0 Å². The molecule has 0 amide bonds. The fourth-order valence-electron chi connectivity index (χ4n) is 2.27. The summed E-state index contributed by atoms with van der Waals surface area (Å²) in [5.41, 5.74) is 2.58. The van der Waals surface area contributed by atoms with Crippen molar-refractivity contribution in [3.63, 3.8) is 0 Å². The molecular formula is C17H19NO. The van der Waals surface area contributed by atoms with Crippen LogP contribution in [0.25, 0.3) is 0 Å². The Morgan fingerprint density at radius 2 is 1.42 bits per heavy atom. The highest BCUT2D eigenvalue weighted by Gasteiger charge is 2.14. The van der Waals surface area contributed by atoms with Gasteiger partial charge in [0.2, 0.25) is 0 Å². The van der Waals surface area contributed by atoms with E-state index in [0.717, 1.165) is 6.42 Å². The number of nitrogens with one attached hydrogen (secondary N) is 1. The van der Waals surface area contributed by atoms with Crippen molar-refractivity contribution in [2.45, 2.75) is 18.8 Å². The van der Waals surface area contributed by atoms with E-state index in [1.807, 2.05) is 12.1 Å². The summed E-state index contributed by atoms with van der Waals surface area (Å²) in [5, 5.41) is 7.63. The van der Waals surface area contributed by atoms with Gasteiger partial charge in [-0.3, -0.25) is 5.41 Å². The van der Waals surface area contributed by atoms with Crippen LogP contribution in [0.5, 0.6) is 0 Å². The van der Waals surface area contributed by atoms with Crippen molar-refractivity contribution in [1.82, 2.24) is 0 Å². The van der Waals surface area contributed by atoms with Gasteiger partial charge in [0.15, 0.2) is 5.90 Å². The smallest absolute Gasteiger partial charge is 0.180 e. The number of ether oxygens (including phenoxy) is 1. The summed E-state index contributed by atoms with van der Waals surface area (Å²) in [6, 6.07) is 20.9. The minimum atomic E-state index is 0.317. The Bertz CT molecular complexity index is 468. The van der Waals surface area contributed by atoms with Gasteiger partial charge in [-0.25, -0.2) is 0 Å². The molecule has 0 atom stereocenters. The average Bonchev–Trinajstić information content (AvgIpc) is 2.49. The molecule has 0 aliphatic carbocycles. The lowest BCUT2D eigenvalue weighted by Crippen LogP contribution is -2.06. The highest BCUT2D eigenvalue weighted by Crippen LogP contribution is 2.29. The first-order chi connectivity index (χ1) is 9.31. The molecule has 0 aromatic heterocycles. The molecule has 0 aliphatic heterocycles. The number of rotatable bonds is 5. The van der Waals surface area contributed by atoms with Crippen molar-refractivity contribution >= 4 is 5.90 Å². The standard InChI is InChI=1S/C17H19NO/c1-19-17(18)13-12-16(14-8-4-2-5-9-14)15-10-6-3-7-11-15/h2-11,16,18H,12-13H2,1H3. The lowest BCUT2D eigenvalue weighted by atomic mass is 9.87. The maximum Gasteiger partial charge on any atom is 0.180 e. The average molecular weight is 253 g/mol. The summed E-state index contributed by atoms with van der Waals surface area (Å²) in [7, 11) is 1.56. The summed E-state index contributed by atoms with van der Waals surface area (Å²) in [6.45, 7) is 0. The molecular weight excluding hydrogens is 234 g/mol. The molecule has 0 saturated carbocycles. The molecule has 19 heavy (non-hydrogen) atoms. The van der Waals surface area contributed by atoms with Gasteiger partial charge in [-0.2, -0.15) is 0 Å². The highest BCUT2D eigenvalue weighted by atomic mass is 16.5. The fourth-order valence-corrected chi connectivity index (χ4v) is 2.27. The molecule has 0 saturated heterocycles.